The Morgan fingerprint density at radius 3 is 2.67 bits per heavy atom. The van der Waals surface area contributed by atoms with Gasteiger partial charge in [-0.25, -0.2) is 0 Å². The minimum absolute atomic E-state index is 0.370. The van der Waals surface area contributed by atoms with Gasteiger partial charge >= 0.3 is 0 Å². The van der Waals surface area contributed by atoms with Crippen LogP contribution in [0.25, 0.3) is 0 Å². The van der Waals surface area contributed by atoms with E-state index >= 15 is 0 Å². The van der Waals surface area contributed by atoms with Crippen LogP contribution in [-0.2, 0) is 10.8 Å². The van der Waals surface area contributed by atoms with Crippen LogP contribution in [-0.4, -0.2) is 51.8 Å². The van der Waals surface area contributed by atoms with Gasteiger partial charge in [-0.2, -0.15) is 0 Å². The molecule has 18 heavy (non-hydrogen) atoms. The van der Waals surface area contributed by atoms with Crippen molar-refractivity contribution >= 4 is 10.8 Å². The fourth-order valence-corrected chi connectivity index (χ4v) is 4.57. The zero-order valence-corrected chi connectivity index (χ0v) is 12.9. The molecular formula is C14H28N2OS. The van der Waals surface area contributed by atoms with E-state index in [2.05, 4.69) is 24.1 Å². The summed E-state index contributed by atoms with van der Waals surface area (Å²) in [6, 6.07) is 1.06. The van der Waals surface area contributed by atoms with E-state index < -0.39 is 10.8 Å². The lowest BCUT2D eigenvalue weighted by atomic mass is 9.91. The van der Waals surface area contributed by atoms with Crippen LogP contribution in [0.4, 0.5) is 0 Å². The summed E-state index contributed by atoms with van der Waals surface area (Å²) in [5, 5.41) is 3.82. The van der Waals surface area contributed by atoms with Crippen LogP contribution in [0.15, 0.2) is 0 Å². The lowest BCUT2D eigenvalue weighted by Gasteiger charge is -2.48. The van der Waals surface area contributed by atoms with E-state index in [1.54, 1.807) is 0 Å². The van der Waals surface area contributed by atoms with E-state index in [1.165, 1.54) is 32.1 Å². The van der Waals surface area contributed by atoms with Crippen molar-refractivity contribution in [3.05, 3.63) is 0 Å². The van der Waals surface area contributed by atoms with Crippen molar-refractivity contribution in [3.63, 3.8) is 0 Å². The number of nitrogens with one attached hydrogen (secondary N) is 1. The van der Waals surface area contributed by atoms with E-state index in [-0.39, 0.29) is 0 Å². The van der Waals surface area contributed by atoms with Gasteiger partial charge in [0.25, 0.3) is 0 Å². The van der Waals surface area contributed by atoms with Gasteiger partial charge in [-0.05, 0) is 26.2 Å². The lowest BCUT2D eigenvalue weighted by molar-refractivity contribution is 0.0541. The van der Waals surface area contributed by atoms with Crippen molar-refractivity contribution in [2.24, 2.45) is 0 Å². The monoisotopic (exact) mass is 272 g/mol. The van der Waals surface area contributed by atoms with Gasteiger partial charge in [-0.1, -0.05) is 19.8 Å². The maximum absolute atomic E-state index is 11.5. The molecule has 0 amide bonds. The van der Waals surface area contributed by atoms with Gasteiger partial charge in [-0.3, -0.25) is 9.11 Å². The van der Waals surface area contributed by atoms with Gasteiger partial charge in [0.15, 0.2) is 0 Å². The van der Waals surface area contributed by atoms with E-state index in [1.807, 2.05) is 6.26 Å². The molecule has 2 fully saturated rings. The Bertz CT molecular complexity index is 302. The fraction of sp³-hybridized carbons (Fsp3) is 1.00. The molecule has 3 unspecified atom stereocenters. The largest absolute Gasteiger partial charge is 0.308 e. The standard InChI is InChI=1S/C14H28N2OS/c1-4-13-9-15-14(7-5-6-8-14)11-16(13)12(2)10-18(3)17/h12-13,15H,4-11H2,1-3H3. The minimum atomic E-state index is -0.689. The molecule has 1 spiro atoms. The molecule has 1 aliphatic heterocycles. The van der Waals surface area contributed by atoms with E-state index in [9.17, 15) is 4.21 Å². The van der Waals surface area contributed by atoms with Crippen LogP contribution in [0.3, 0.4) is 0 Å². The molecule has 3 nitrogen and oxygen atoms in total. The molecule has 1 aliphatic carbocycles. The molecule has 2 aliphatic rings. The second kappa shape index (κ2) is 6.02. The van der Waals surface area contributed by atoms with Crippen LogP contribution in [0, 0.1) is 0 Å². The van der Waals surface area contributed by atoms with Gasteiger partial charge in [0, 0.05) is 53.5 Å². The molecule has 0 aromatic rings. The summed E-state index contributed by atoms with van der Waals surface area (Å²) in [4.78, 5) is 2.63. The third kappa shape index (κ3) is 3.14. The first kappa shape index (κ1) is 14.5. The Labute approximate surface area is 114 Å². The molecular weight excluding hydrogens is 244 g/mol. The highest BCUT2D eigenvalue weighted by Gasteiger charge is 2.41. The first-order valence-electron chi connectivity index (χ1n) is 7.37. The van der Waals surface area contributed by atoms with Crippen LogP contribution < -0.4 is 5.32 Å². The van der Waals surface area contributed by atoms with Gasteiger partial charge in [0.05, 0.1) is 0 Å². The van der Waals surface area contributed by atoms with Crippen molar-refractivity contribution in [3.8, 4) is 0 Å². The Morgan fingerprint density at radius 1 is 1.44 bits per heavy atom. The molecule has 4 heteroatoms. The maximum Gasteiger partial charge on any atom is 0.0385 e. The Hall–Kier alpha value is 0.0700. The summed E-state index contributed by atoms with van der Waals surface area (Å²) in [7, 11) is -0.689. The highest BCUT2D eigenvalue weighted by atomic mass is 32.2. The molecule has 0 aromatic carbocycles. The number of piperazine rings is 1. The maximum atomic E-state index is 11.5. The molecule has 1 saturated carbocycles. The molecule has 1 saturated heterocycles. The zero-order valence-electron chi connectivity index (χ0n) is 12.1. The van der Waals surface area contributed by atoms with Crippen LogP contribution in [0.2, 0.25) is 0 Å². The van der Waals surface area contributed by atoms with Gasteiger partial charge in [0.2, 0.25) is 0 Å². The Balaban J connectivity index is 2.05. The molecule has 3 atom stereocenters. The summed E-state index contributed by atoms with van der Waals surface area (Å²) in [6.45, 7) is 6.78. The molecule has 2 rings (SSSR count). The predicted octanol–water partition coefficient (Wildman–Crippen LogP) is 1.75. The van der Waals surface area contributed by atoms with E-state index in [0.29, 0.717) is 17.6 Å². The second-order valence-corrected chi connectivity index (χ2v) is 7.67. The number of hydrogen-bond donors (Lipinski definition) is 1. The third-order valence-corrected chi connectivity index (χ3v) is 5.69. The normalized spacial score (nSPS) is 31.6. The molecule has 0 bridgehead atoms. The molecule has 106 valence electrons. The van der Waals surface area contributed by atoms with Crippen molar-refractivity contribution in [2.75, 3.05) is 25.1 Å². The highest BCUT2D eigenvalue weighted by molar-refractivity contribution is 7.84. The Morgan fingerprint density at radius 2 is 2.11 bits per heavy atom. The lowest BCUT2D eigenvalue weighted by Crippen LogP contribution is -2.65. The van der Waals surface area contributed by atoms with Crippen molar-refractivity contribution < 1.29 is 4.21 Å². The quantitative estimate of drug-likeness (QED) is 0.846. The van der Waals surface area contributed by atoms with Gasteiger partial charge in [0.1, 0.15) is 0 Å². The summed E-state index contributed by atoms with van der Waals surface area (Å²) >= 11 is 0. The number of hydrogen-bond acceptors (Lipinski definition) is 3. The van der Waals surface area contributed by atoms with Crippen LogP contribution in [0.1, 0.15) is 46.0 Å². The first-order valence-corrected chi connectivity index (χ1v) is 9.10. The first-order chi connectivity index (χ1) is 8.56. The number of rotatable bonds is 4. The van der Waals surface area contributed by atoms with Gasteiger partial charge in [-0.15, -0.1) is 0 Å². The summed E-state index contributed by atoms with van der Waals surface area (Å²) in [6.07, 6.45) is 8.38. The van der Waals surface area contributed by atoms with Crippen molar-refractivity contribution in [2.45, 2.75) is 63.6 Å². The van der Waals surface area contributed by atoms with Gasteiger partial charge < -0.3 is 5.32 Å². The summed E-state index contributed by atoms with van der Waals surface area (Å²) < 4.78 is 11.5. The molecule has 0 radical (unpaired) electrons. The topological polar surface area (TPSA) is 32.3 Å². The average Bonchev–Trinajstić information content (AvgIpc) is 2.76. The fourth-order valence-electron chi connectivity index (χ4n) is 3.70. The predicted molar refractivity (Wildman–Crippen MR) is 78.4 cm³/mol. The number of nitrogens with zero attached hydrogens (tertiary/aromatic N) is 1. The Kier molecular flexibility index (Phi) is 4.84. The zero-order chi connectivity index (χ0) is 13.2. The van der Waals surface area contributed by atoms with Crippen LogP contribution in [0.5, 0.6) is 0 Å². The van der Waals surface area contributed by atoms with Crippen molar-refractivity contribution in [1.29, 1.82) is 0 Å². The minimum Gasteiger partial charge on any atom is -0.308 e. The third-order valence-electron chi connectivity index (χ3n) is 4.74. The average molecular weight is 272 g/mol. The molecule has 1 heterocycles. The summed E-state index contributed by atoms with van der Waals surface area (Å²) in [5.74, 6) is 0.812. The van der Waals surface area contributed by atoms with E-state index in [4.69, 9.17) is 0 Å². The summed E-state index contributed by atoms with van der Waals surface area (Å²) in [5.41, 5.74) is 0.370. The van der Waals surface area contributed by atoms with Crippen LogP contribution >= 0.6 is 0 Å². The molecule has 1 N–H and O–H groups in total. The van der Waals surface area contributed by atoms with Crippen molar-refractivity contribution in [1.82, 2.24) is 10.2 Å². The SMILES string of the molecule is CCC1CNC2(CCCC2)CN1C(C)CS(C)=O. The smallest absolute Gasteiger partial charge is 0.0385 e. The van der Waals surface area contributed by atoms with E-state index in [0.717, 1.165) is 18.8 Å². The highest BCUT2D eigenvalue weighted by Crippen LogP contribution is 2.34. The second-order valence-electron chi connectivity index (χ2n) is 6.19. The molecule has 0 aromatic heterocycles.